The molecule has 84 valence electrons. The highest BCUT2D eigenvalue weighted by atomic mass is 16.5. The van der Waals surface area contributed by atoms with Crippen molar-refractivity contribution in [2.45, 2.75) is 45.6 Å². The summed E-state index contributed by atoms with van der Waals surface area (Å²) in [6.07, 6.45) is 5.37. The summed E-state index contributed by atoms with van der Waals surface area (Å²) in [5.74, 6) is 1.54. The van der Waals surface area contributed by atoms with Crippen LogP contribution >= 0.6 is 0 Å². The molecule has 0 aromatic heterocycles. The Labute approximate surface area is 88.4 Å². The van der Waals surface area contributed by atoms with E-state index in [1.165, 1.54) is 32.2 Å². The van der Waals surface area contributed by atoms with Crippen LogP contribution in [0.5, 0.6) is 0 Å². The molecule has 14 heavy (non-hydrogen) atoms. The topological polar surface area (TPSA) is 21.3 Å². The van der Waals surface area contributed by atoms with E-state index in [2.05, 4.69) is 19.2 Å². The summed E-state index contributed by atoms with van der Waals surface area (Å²) in [6, 6.07) is 0.750. The van der Waals surface area contributed by atoms with Gasteiger partial charge in [0.2, 0.25) is 0 Å². The lowest BCUT2D eigenvalue weighted by Gasteiger charge is -2.26. The molecule has 2 nitrogen and oxygen atoms in total. The van der Waals surface area contributed by atoms with Crippen molar-refractivity contribution >= 4 is 0 Å². The summed E-state index contributed by atoms with van der Waals surface area (Å²) in [4.78, 5) is 0. The molecule has 2 heteroatoms. The van der Waals surface area contributed by atoms with E-state index in [0.29, 0.717) is 5.92 Å². The number of nitrogens with one attached hydrogen (secondary N) is 1. The zero-order valence-electron chi connectivity index (χ0n) is 9.88. The lowest BCUT2D eigenvalue weighted by atomic mass is 9.90. The third-order valence-corrected chi connectivity index (χ3v) is 3.39. The van der Waals surface area contributed by atoms with Crippen molar-refractivity contribution in [3.05, 3.63) is 0 Å². The van der Waals surface area contributed by atoms with Crippen LogP contribution in [-0.4, -0.2) is 26.3 Å². The average molecular weight is 199 g/mol. The van der Waals surface area contributed by atoms with Gasteiger partial charge in [-0.2, -0.15) is 0 Å². The van der Waals surface area contributed by atoms with Crippen molar-refractivity contribution in [3.8, 4) is 0 Å². The molecule has 1 saturated carbocycles. The summed E-state index contributed by atoms with van der Waals surface area (Å²) in [7, 11) is 1.81. The molecule has 0 radical (unpaired) electrons. The Bertz CT molecular complexity index is 149. The molecule has 1 N–H and O–H groups in total. The fourth-order valence-corrected chi connectivity index (χ4v) is 2.64. The highest BCUT2D eigenvalue weighted by molar-refractivity contribution is 4.85. The van der Waals surface area contributed by atoms with E-state index in [1.807, 2.05) is 0 Å². The molecule has 1 fully saturated rings. The van der Waals surface area contributed by atoms with Crippen molar-refractivity contribution in [1.82, 2.24) is 5.32 Å². The van der Waals surface area contributed by atoms with E-state index < -0.39 is 0 Å². The van der Waals surface area contributed by atoms with Crippen LogP contribution in [0.15, 0.2) is 0 Å². The summed E-state index contributed by atoms with van der Waals surface area (Å²) < 4.78 is 5.24. The van der Waals surface area contributed by atoms with Gasteiger partial charge in [0, 0.05) is 19.8 Å². The van der Waals surface area contributed by atoms with Crippen molar-refractivity contribution in [3.63, 3.8) is 0 Å². The smallest absolute Gasteiger partial charge is 0.0491 e. The predicted molar refractivity (Wildman–Crippen MR) is 60.5 cm³/mol. The summed E-state index contributed by atoms with van der Waals surface area (Å²) in [5, 5.41) is 3.67. The van der Waals surface area contributed by atoms with Crippen LogP contribution in [0.25, 0.3) is 0 Å². The standard InChI is InChI=1S/C12H25NO/c1-4-8-13-12-7-5-6-11(12)10(2)9-14-3/h10-13H,4-9H2,1-3H3. The Morgan fingerprint density at radius 1 is 1.43 bits per heavy atom. The van der Waals surface area contributed by atoms with Crippen LogP contribution < -0.4 is 5.32 Å². The van der Waals surface area contributed by atoms with Gasteiger partial charge in [-0.1, -0.05) is 20.3 Å². The lowest BCUT2D eigenvalue weighted by Crippen LogP contribution is -2.36. The molecule has 0 aliphatic heterocycles. The number of methoxy groups -OCH3 is 1. The summed E-state index contributed by atoms with van der Waals surface area (Å²) in [5.41, 5.74) is 0. The third-order valence-electron chi connectivity index (χ3n) is 3.39. The molecule has 3 atom stereocenters. The monoisotopic (exact) mass is 199 g/mol. The molecule has 0 spiro atoms. The van der Waals surface area contributed by atoms with Gasteiger partial charge in [0.05, 0.1) is 0 Å². The van der Waals surface area contributed by atoms with E-state index in [0.717, 1.165) is 18.6 Å². The van der Waals surface area contributed by atoms with E-state index in [-0.39, 0.29) is 0 Å². The number of rotatable bonds is 6. The molecule has 3 unspecified atom stereocenters. The molecule has 0 saturated heterocycles. The first-order valence-corrected chi connectivity index (χ1v) is 6.02. The molecule has 0 bridgehead atoms. The van der Waals surface area contributed by atoms with Crippen LogP contribution in [-0.2, 0) is 4.74 Å². The van der Waals surface area contributed by atoms with Crippen LogP contribution in [0.2, 0.25) is 0 Å². The van der Waals surface area contributed by atoms with Crippen molar-refractivity contribution < 1.29 is 4.74 Å². The highest BCUT2D eigenvalue weighted by Gasteiger charge is 2.30. The normalized spacial score (nSPS) is 29.4. The van der Waals surface area contributed by atoms with Crippen LogP contribution in [0.4, 0.5) is 0 Å². The Balaban J connectivity index is 2.33. The number of hydrogen-bond donors (Lipinski definition) is 1. The van der Waals surface area contributed by atoms with Gasteiger partial charge in [0.15, 0.2) is 0 Å². The van der Waals surface area contributed by atoms with E-state index >= 15 is 0 Å². The van der Waals surface area contributed by atoms with Gasteiger partial charge in [-0.15, -0.1) is 0 Å². The molecule has 0 aromatic carbocycles. The maximum atomic E-state index is 5.24. The molecule has 0 heterocycles. The fourth-order valence-electron chi connectivity index (χ4n) is 2.64. The lowest BCUT2D eigenvalue weighted by molar-refractivity contribution is 0.121. The Kier molecular flexibility index (Phi) is 5.49. The van der Waals surface area contributed by atoms with Crippen molar-refractivity contribution in [1.29, 1.82) is 0 Å². The Hall–Kier alpha value is -0.0800. The maximum Gasteiger partial charge on any atom is 0.0491 e. The van der Waals surface area contributed by atoms with E-state index in [4.69, 9.17) is 4.74 Å². The first-order valence-electron chi connectivity index (χ1n) is 6.02. The minimum Gasteiger partial charge on any atom is -0.384 e. The van der Waals surface area contributed by atoms with Gasteiger partial charge >= 0.3 is 0 Å². The highest BCUT2D eigenvalue weighted by Crippen LogP contribution is 2.31. The van der Waals surface area contributed by atoms with Crippen LogP contribution in [0.1, 0.15) is 39.5 Å². The fraction of sp³-hybridized carbons (Fsp3) is 1.00. The first-order chi connectivity index (χ1) is 6.79. The minimum absolute atomic E-state index is 0.705. The quantitative estimate of drug-likeness (QED) is 0.709. The second-order valence-corrected chi connectivity index (χ2v) is 4.59. The zero-order valence-corrected chi connectivity index (χ0v) is 9.88. The minimum atomic E-state index is 0.705. The van der Waals surface area contributed by atoms with Gasteiger partial charge in [-0.05, 0) is 37.6 Å². The van der Waals surface area contributed by atoms with Gasteiger partial charge in [0.25, 0.3) is 0 Å². The van der Waals surface area contributed by atoms with Gasteiger partial charge in [0.1, 0.15) is 0 Å². The molecule has 1 rings (SSSR count). The second kappa shape index (κ2) is 6.41. The Morgan fingerprint density at radius 2 is 2.21 bits per heavy atom. The van der Waals surface area contributed by atoms with Crippen LogP contribution in [0.3, 0.4) is 0 Å². The van der Waals surface area contributed by atoms with E-state index in [9.17, 15) is 0 Å². The predicted octanol–water partition coefficient (Wildman–Crippen LogP) is 2.44. The number of ether oxygens (including phenoxy) is 1. The molecular weight excluding hydrogens is 174 g/mol. The van der Waals surface area contributed by atoms with E-state index in [1.54, 1.807) is 7.11 Å². The van der Waals surface area contributed by atoms with Crippen molar-refractivity contribution in [2.24, 2.45) is 11.8 Å². The largest absolute Gasteiger partial charge is 0.384 e. The second-order valence-electron chi connectivity index (χ2n) is 4.59. The van der Waals surface area contributed by atoms with Gasteiger partial charge in [-0.3, -0.25) is 0 Å². The molecular formula is C12H25NO. The average Bonchev–Trinajstić information content (AvgIpc) is 2.63. The summed E-state index contributed by atoms with van der Waals surface area (Å²) >= 11 is 0. The molecule has 0 amide bonds. The van der Waals surface area contributed by atoms with Gasteiger partial charge < -0.3 is 10.1 Å². The maximum absolute atomic E-state index is 5.24. The molecule has 0 aromatic rings. The Morgan fingerprint density at radius 3 is 2.86 bits per heavy atom. The SMILES string of the molecule is CCCNC1CCCC1C(C)COC. The third kappa shape index (κ3) is 3.25. The molecule has 1 aliphatic rings. The van der Waals surface area contributed by atoms with Crippen molar-refractivity contribution in [2.75, 3.05) is 20.3 Å². The molecule has 1 aliphatic carbocycles. The number of hydrogen-bond acceptors (Lipinski definition) is 2. The van der Waals surface area contributed by atoms with Crippen LogP contribution in [0, 0.1) is 11.8 Å². The first kappa shape index (κ1) is 12.0. The summed E-state index contributed by atoms with van der Waals surface area (Å²) in [6.45, 7) is 6.63. The van der Waals surface area contributed by atoms with Gasteiger partial charge in [-0.25, -0.2) is 0 Å². The zero-order chi connectivity index (χ0) is 10.4.